The predicted octanol–water partition coefficient (Wildman–Crippen LogP) is 5.87. The SMILES string of the molecule is CC(=O)N1CCC(C(C)(C)Nc2nc(C)c(-c3ccc(O)c(S(=O)(=O)Nc4ccc(F)cc4Cl)c3)s2)CC1. The van der Waals surface area contributed by atoms with Gasteiger partial charge in [0, 0.05) is 25.6 Å². The van der Waals surface area contributed by atoms with Crippen molar-refractivity contribution in [1.82, 2.24) is 9.88 Å². The molecule has 0 saturated carbocycles. The van der Waals surface area contributed by atoms with E-state index in [9.17, 15) is 22.7 Å². The molecule has 12 heteroatoms. The summed E-state index contributed by atoms with van der Waals surface area (Å²) in [6.07, 6.45) is 1.78. The lowest BCUT2D eigenvalue weighted by Crippen LogP contribution is -2.47. The molecule has 1 saturated heterocycles. The van der Waals surface area contributed by atoms with Gasteiger partial charge in [-0.25, -0.2) is 17.8 Å². The van der Waals surface area contributed by atoms with Gasteiger partial charge in [-0.3, -0.25) is 9.52 Å². The molecule has 0 radical (unpaired) electrons. The predicted molar refractivity (Wildman–Crippen MR) is 149 cm³/mol. The zero-order valence-corrected chi connectivity index (χ0v) is 23.9. The molecule has 1 fully saturated rings. The highest BCUT2D eigenvalue weighted by atomic mass is 35.5. The number of amides is 1. The highest BCUT2D eigenvalue weighted by molar-refractivity contribution is 7.92. The van der Waals surface area contributed by atoms with Crippen LogP contribution in [0.2, 0.25) is 5.02 Å². The fourth-order valence-electron chi connectivity index (χ4n) is 4.65. The van der Waals surface area contributed by atoms with E-state index in [0.717, 1.165) is 42.9 Å². The standard InChI is InChI=1S/C26H30ClFN4O4S2/c1-15-24(37-25(29-15)30-26(3,4)18-9-11-32(12-10-18)16(2)33)17-5-8-22(34)23(13-17)38(35,36)31-21-7-6-19(28)14-20(21)27/h5-8,13-14,18,31,34H,9-12H2,1-4H3,(H,29,30). The van der Waals surface area contributed by atoms with E-state index in [1.807, 2.05) is 11.8 Å². The third-order valence-corrected chi connectivity index (χ3v) is 9.70. The van der Waals surface area contributed by atoms with Gasteiger partial charge in [0.05, 0.1) is 21.3 Å². The topological polar surface area (TPSA) is 112 Å². The molecule has 4 rings (SSSR count). The number of piperidine rings is 1. The van der Waals surface area contributed by atoms with Crippen molar-refractivity contribution >= 4 is 49.7 Å². The molecule has 2 heterocycles. The fourth-order valence-corrected chi connectivity index (χ4v) is 7.26. The maximum Gasteiger partial charge on any atom is 0.265 e. The van der Waals surface area contributed by atoms with Crippen LogP contribution in [0, 0.1) is 18.7 Å². The van der Waals surface area contributed by atoms with Gasteiger partial charge in [-0.05, 0) is 81.5 Å². The normalized spacial score (nSPS) is 14.9. The van der Waals surface area contributed by atoms with Gasteiger partial charge < -0.3 is 15.3 Å². The summed E-state index contributed by atoms with van der Waals surface area (Å²) in [6.45, 7) is 9.14. The molecular formula is C26H30ClFN4O4S2. The van der Waals surface area contributed by atoms with E-state index in [-0.39, 0.29) is 27.1 Å². The van der Waals surface area contributed by atoms with Crippen molar-refractivity contribution in [2.24, 2.45) is 5.92 Å². The van der Waals surface area contributed by atoms with Crippen LogP contribution >= 0.6 is 22.9 Å². The van der Waals surface area contributed by atoms with Crippen molar-refractivity contribution in [2.75, 3.05) is 23.1 Å². The number of rotatable bonds is 7. The number of thiazole rings is 1. The Labute approximate surface area is 230 Å². The van der Waals surface area contributed by atoms with Gasteiger partial charge in [0.1, 0.15) is 16.5 Å². The monoisotopic (exact) mass is 580 g/mol. The summed E-state index contributed by atoms with van der Waals surface area (Å²) in [7, 11) is -4.24. The summed E-state index contributed by atoms with van der Waals surface area (Å²) in [5, 5.41) is 14.5. The molecule has 2 aromatic carbocycles. The van der Waals surface area contributed by atoms with Crippen LogP contribution in [0.1, 0.15) is 39.3 Å². The summed E-state index contributed by atoms with van der Waals surface area (Å²) in [6, 6.07) is 7.62. The molecule has 0 bridgehead atoms. The molecule has 1 aromatic heterocycles. The highest BCUT2D eigenvalue weighted by Crippen LogP contribution is 2.39. The summed E-state index contributed by atoms with van der Waals surface area (Å²) in [5.41, 5.74) is 1.01. The number of aryl methyl sites for hydroxylation is 1. The Morgan fingerprint density at radius 1 is 1.21 bits per heavy atom. The van der Waals surface area contributed by atoms with Crippen molar-refractivity contribution in [3.05, 3.63) is 52.9 Å². The van der Waals surface area contributed by atoms with Crippen LogP contribution in [0.25, 0.3) is 10.4 Å². The lowest BCUT2D eigenvalue weighted by molar-refractivity contribution is -0.130. The molecule has 38 heavy (non-hydrogen) atoms. The van der Waals surface area contributed by atoms with Crippen molar-refractivity contribution in [3.8, 4) is 16.2 Å². The number of anilines is 2. The van der Waals surface area contributed by atoms with Crippen LogP contribution in [0.15, 0.2) is 41.3 Å². The number of hydrogen-bond acceptors (Lipinski definition) is 7. The van der Waals surface area contributed by atoms with Crippen molar-refractivity contribution in [2.45, 2.75) is 51.0 Å². The number of phenols is 1. The van der Waals surface area contributed by atoms with Gasteiger partial charge >= 0.3 is 0 Å². The number of carbonyl (C=O) groups excluding carboxylic acids is 1. The Hall–Kier alpha value is -2.89. The van der Waals surface area contributed by atoms with Crippen LogP contribution < -0.4 is 10.0 Å². The Morgan fingerprint density at radius 3 is 2.53 bits per heavy atom. The van der Waals surface area contributed by atoms with E-state index in [0.29, 0.717) is 22.3 Å². The Bertz CT molecular complexity index is 1470. The van der Waals surface area contributed by atoms with Gasteiger partial charge in [-0.15, -0.1) is 0 Å². The third kappa shape index (κ3) is 6.05. The van der Waals surface area contributed by atoms with Gasteiger partial charge in [0.2, 0.25) is 5.91 Å². The number of phenolic OH excluding ortho intramolecular Hbond substituents is 1. The maximum atomic E-state index is 13.4. The number of halogens is 2. The first kappa shape index (κ1) is 28.1. The average Bonchev–Trinajstić information content (AvgIpc) is 3.20. The molecule has 3 aromatic rings. The second-order valence-electron chi connectivity index (χ2n) is 9.97. The first-order chi connectivity index (χ1) is 17.8. The third-order valence-electron chi connectivity index (χ3n) is 6.87. The minimum Gasteiger partial charge on any atom is -0.507 e. The molecule has 0 unspecified atom stereocenters. The van der Waals surface area contributed by atoms with Crippen LogP contribution in [0.3, 0.4) is 0 Å². The van der Waals surface area contributed by atoms with Gasteiger partial charge in [-0.2, -0.15) is 0 Å². The molecule has 1 amide bonds. The molecular weight excluding hydrogens is 551 g/mol. The largest absolute Gasteiger partial charge is 0.507 e. The minimum absolute atomic E-state index is 0.00491. The number of likely N-dealkylation sites (tertiary alicyclic amines) is 1. The van der Waals surface area contributed by atoms with Crippen LogP contribution in [-0.2, 0) is 14.8 Å². The zero-order chi connectivity index (χ0) is 27.8. The smallest absolute Gasteiger partial charge is 0.265 e. The number of nitrogens with one attached hydrogen (secondary N) is 2. The summed E-state index contributed by atoms with van der Waals surface area (Å²) >= 11 is 7.38. The number of carbonyl (C=O) groups is 1. The van der Waals surface area contributed by atoms with E-state index < -0.39 is 21.6 Å². The molecule has 1 aliphatic rings. The first-order valence-electron chi connectivity index (χ1n) is 12.1. The number of aromatic hydroxyl groups is 1. The summed E-state index contributed by atoms with van der Waals surface area (Å²) in [5.74, 6) is -0.586. The molecule has 8 nitrogen and oxygen atoms in total. The van der Waals surface area contributed by atoms with Gasteiger partial charge in [0.15, 0.2) is 5.13 Å². The number of hydrogen-bond donors (Lipinski definition) is 3. The highest BCUT2D eigenvalue weighted by Gasteiger charge is 2.34. The number of aromatic nitrogens is 1. The molecule has 0 spiro atoms. The van der Waals surface area contributed by atoms with E-state index >= 15 is 0 Å². The van der Waals surface area contributed by atoms with E-state index in [1.165, 1.54) is 29.5 Å². The van der Waals surface area contributed by atoms with E-state index in [4.69, 9.17) is 11.6 Å². The molecule has 0 aliphatic carbocycles. The Kier molecular flexibility index (Phi) is 7.92. The summed E-state index contributed by atoms with van der Waals surface area (Å²) in [4.78, 5) is 18.6. The molecule has 204 valence electrons. The molecule has 0 atom stereocenters. The van der Waals surface area contributed by atoms with Gasteiger partial charge in [0.25, 0.3) is 10.0 Å². The van der Waals surface area contributed by atoms with Crippen LogP contribution in [-0.4, -0.2) is 47.9 Å². The number of nitrogens with zero attached hydrogens (tertiary/aromatic N) is 2. The molecule has 3 N–H and O–H groups in total. The van der Waals surface area contributed by atoms with Crippen molar-refractivity contribution in [3.63, 3.8) is 0 Å². The minimum atomic E-state index is -4.24. The van der Waals surface area contributed by atoms with Crippen LogP contribution in [0.5, 0.6) is 5.75 Å². The zero-order valence-electron chi connectivity index (χ0n) is 21.5. The lowest BCUT2D eigenvalue weighted by Gasteiger charge is -2.41. The average molecular weight is 581 g/mol. The maximum absolute atomic E-state index is 13.4. The van der Waals surface area contributed by atoms with E-state index in [2.05, 4.69) is 28.9 Å². The number of sulfonamides is 1. The lowest BCUT2D eigenvalue weighted by atomic mass is 9.80. The second-order valence-corrected chi connectivity index (χ2v) is 13.0. The fraction of sp³-hybridized carbons (Fsp3) is 0.385. The Balaban J connectivity index is 1.56. The molecule has 1 aliphatic heterocycles. The first-order valence-corrected chi connectivity index (χ1v) is 14.8. The summed E-state index contributed by atoms with van der Waals surface area (Å²) < 4.78 is 41.9. The number of benzene rings is 2. The Morgan fingerprint density at radius 2 is 1.89 bits per heavy atom. The van der Waals surface area contributed by atoms with E-state index in [1.54, 1.807) is 13.0 Å². The van der Waals surface area contributed by atoms with Crippen LogP contribution in [0.4, 0.5) is 15.2 Å². The second kappa shape index (κ2) is 10.7. The van der Waals surface area contributed by atoms with Crippen molar-refractivity contribution in [1.29, 1.82) is 0 Å². The van der Waals surface area contributed by atoms with Crippen molar-refractivity contribution < 1.29 is 22.7 Å². The quantitative estimate of drug-likeness (QED) is 0.322. The van der Waals surface area contributed by atoms with Gasteiger partial charge in [-0.1, -0.05) is 22.9 Å².